The molecule has 2 N–H and O–H groups in total. The topological polar surface area (TPSA) is 115 Å². The molecule has 1 aromatic carbocycles. The fraction of sp³-hybridized carbons (Fsp3) is 0.118. The number of hydrogen-bond donors (Lipinski definition) is 2. The Kier molecular flexibility index (Phi) is 4.13. The smallest absolute Gasteiger partial charge is 0.265 e. The van der Waals surface area contributed by atoms with Crippen LogP contribution in [0.1, 0.15) is 5.56 Å². The predicted molar refractivity (Wildman–Crippen MR) is 98.8 cm³/mol. The van der Waals surface area contributed by atoms with Crippen molar-refractivity contribution >= 4 is 26.6 Å². The van der Waals surface area contributed by atoms with Crippen LogP contribution in [0.15, 0.2) is 60.0 Å². The number of pyridine rings is 1. The molecule has 0 saturated carbocycles. The van der Waals surface area contributed by atoms with E-state index in [0.717, 1.165) is 5.39 Å². The molecule has 0 amide bonds. The van der Waals surface area contributed by atoms with Crippen LogP contribution in [0.4, 0.5) is 5.69 Å². The minimum atomic E-state index is -3.85. The molecule has 0 aliphatic carbocycles. The van der Waals surface area contributed by atoms with Crippen molar-refractivity contribution in [3.63, 3.8) is 0 Å². The summed E-state index contributed by atoms with van der Waals surface area (Å²) in [6.07, 6.45) is 5.82. The van der Waals surface area contributed by atoms with Crippen molar-refractivity contribution in [3.8, 4) is 5.82 Å². The van der Waals surface area contributed by atoms with Gasteiger partial charge in [0.2, 0.25) is 0 Å². The first-order chi connectivity index (χ1) is 13.0. The zero-order chi connectivity index (χ0) is 19.0. The van der Waals surface area contributed by atoms with Crippen LogP contribution in [0.5, 0.6) is 0 Å². The number of aliphatic hydroxyl groups excluding tert-OH is 1. The lowest BCUT2D eigenvalue weighted by Crippen LogP contribution is -2.13. The Morgan fingerprint density at radius 3 is 2.85 bits per heavy atom. The summed E-state index contributed by atoms with van der Waals surface area (Å²) in [4.78, 5) is 4.14. The third kappa shape index (κ3) is 3.15. The highest BCUT2D eigenvalue weighted by Crippen LogP contribution is 2.25. The SMILES string of the molecule is Cn1ncc2cccc(NS(=O)(=O)c3cnn(-c4cc(CO)ccn4)c3)c21. The van der Waals surface area contributed by atoms with Gasteiger partial charge in [-0.25, -0.2) is 18.1 Å². The molecular formula is C17H16N6O3S. The van der Waals surface area contributed by atoms with Crippen LogP contribution < -0.4 is 4.72 Å². The lowest BCUT2D eigenvalue weighted by atomic mass is 10.2. The van der Waals surface area contributed by atoms with Crippen molar-refractivity contribution in [1.29, 1.82) is 0 Å². The lowest BCUT2D eigenvalue weighted by Gasteiger charge is -2.08. The maximum atomic E-state index is 12.8. The van der Waals surface area contributed by atoms with Crippen molar-refractivity contribution < 1.29 is 13.5 Å². The summed E-state index contributed by atoms with van der Waals surface area (Å²) >= 11 is 0. The molecule has 4 rings (SSSR count). The Labute approximate surface area is 154 Å². The minimum absolute atomic E-state index is 0.00197. The molecule has 4 aromatic rings. The normalized spacial score (nSPS) is 11.8. The fourth-order valence-corrected chi connectivity index (χ4v) is 3.77. The van der Waals surface area contributed by atoms with Crippen LogP contribution in [0, 0.1) is 0 Å². The van der Waals surface area contributed by atoms with Gasteiger partial charge in [-0.3, -0.25) is 9.40 Å². The summed E-state index contributed by atoms with van der Waals surface area (Å²) < 4.78 is 31.1. The number of aryl methyl sites for hydroxylation is 1. The molecule has 10 heteroatoms. The lowest BCUT2D eigenvalue weighted by molar-refractivity contribution is 0.281. The zero-order valence-electron chi connectivity index (χ0n) is 14.3. The van der Waals surface area contributed by atoms with Crippen LogP contribution in [0.3, 0.4) is 0 Å². The van der Waals surface area contributed by atoms with Crippen LogP contribution in [-0.2, 0) is 23.7 Å². The van der Waals surface area contributed by atoms with Gasteiger partial charge in [0.05, 0.1) is 36.4 Å². The molecule has 0 spiro atoms. The summed E-state index contributed by atoms with van der Waals surface area (Å²) in [5, 5.41) is 18.3. The molecular weight excluding hydrogens is 368 g/mol. The van der Waals surface area contributed by atoms with Gasteiger partial charge < -0.3 is 5.11 Å². The Hall–Kier alpha value is -3.24. The minimum Gasteiger partial charge on any atom is -0.392 e. The molecule has 9 nitrogen and oxygen atoms in total. The Balaban J connectivity index is 1.68. The summed E-state index contributed by atoms with van der Waals surface area (Å²) in [6, 6.07) is 8.60. The number of hydrogen-bond acceptors (Lipinski definition) is 6. The molecule has 0 saturated heterocycles. The molecule has 138 valence electrons. The Bertz CT molecular complexity index is 1230. The van der Waals surface area contributed by atoms with E-state index >= 15 is 0 Å². The number of para-hydroxylation sites is 1. The quantitative estimate of drug-likeness (QED) is 0.538. The van der Waals surface area contributed by atoms with Crippen molar-refractivity contribution in [2.45, 2.75) is 11.5 Å². The monoisotopic (exact) mass is 384 g/mol. The van der Waals surface area contributed by atoms with Crippen molar-refractivity contribution in [3.05, 3.63) is 60.7 Å². The molecule has 27 heavy (non-hydrogen) atoms. The highest BCUT2D eigenvalue weighted by molar-refractivity contribution is 7.92. The first-order valence-corrected chi connectivity index (χ1v) is 9.50. The van der Waals surface area contributed by atoms with Gasteiger partial charge in [-0.2, -0.15) is 10.2 Å². The Morgan fingerprint density at radius 2 is 2.04 bits per heavy atom. The van der Waals surface area contributed by atoms with Gasteiger partial charge in [0.1, 0.15) is 4.90 Å². The number of anilines is 1. The molecule has 0 bridgehead atoms. The second-order valence-corrected chi connectivity index (χ2v) is 7.60. The first kappa shape index (κ1) is 17.2. The standard InChI is InChI=1S/C17H16N6O3S/c1-22-17-13(8-19-22)3-2-4-15(17)21-27(25,26)14-9-20-23(10-14)16-7-12(11-24)5-6-18-16/h2-10,21,24H,11H2,1H3. The van der Waals surface area contributed by atoms with E-state index in [1.165, 1.54) is 23.3 Å². The number of fused-ring (bicyclic) bond motifs is 1. The van der Waals surface area contributed by atoms with Gasteiger partial charge in [-0.15, -0.1) is 0 Å². The van der Waals surface area contributed by atoms with Crippen LogP contribution in [-0.4, -0.2) is 38.1 Å². The number of nitrogens with one attached hydrogen (secondary N) is 1. The first-order valence-electron chi connectivity index (χ1n) is 8.02. The van der Waals surface area contributed by atoms with Crippen LogP contribution in [0.2, 0.25) is 0 Å². The number of rotatable bonds is 5. The molecule has 3 heterocycles. The van der Waals surface area contributed by atoms with Crippen LogP contribution >= 0.6 is 0 Å². The van der Waals surface area contributed by atoms with Gasteiger partial charge in [-0.1, -0.05) is 12.1 Å². The Morgan fingerprint density at radius 1 is 1.19 bits per heavy atom. The van der Waals surface area contributed by atoms with E-state index in [1.807, 2.05) is 6.07 Å². The second kappa shape index (κ2) is 6.49. The van der Waals surface area contributed by atoms with Gasteiger partial charge in [0, 0.05) is 18.6 Å². The fourth-order valence-electron chi connectivity index (χ4n) is 2.77. The molecule has 0 aliphatic rings. The van der Waals surface area contributed by atoms with E-state index in [4.69, 9.17) is 0 Å². The number of sulfonamides is 1. The average molecular weight is 384 g/mol. The predicted octanol–water partition coefficient (Wildman–Crippen LogP) is 1.45. The van der Waals surface area contributed by atoms with E-state index < -0.39 is 10.0 Å². The molecule has 0 aliphatic heterocycles. The largest absolute Gasteiger partial charge is 0.392 e. The summed E-state index contributed by atoms with van der Waals surface area (Å²) in [5.41, 5.74) is 1.77. The maximum absolute atomic E-state index is 12.8. The van der Waals surface area contributed by atoms with E-state index in [-0.39, 0.29) is 11.5 Å². The van der Waals surface area contributed by atoms with E-state index in [1.54, 1.807) is 42.2 Å². The molecule has 3 aromatic heterocycles. The van der Waals surface area contributed by atoms with Gasteiger partial charge in [0.25, 0.3) is 10.0 Å². The summed E-state index contributed by atoms with van der Waals surface area (Å²) in [7, 11) is -2.11. The molecule has 0 unspecified atom stereocenters. The molecule has 0 fully saturated rings. The number of aromatic nitrogens is 5. The van der Waals surface area contributed by atoms with Gasteiger partial charge in [0.15, 0.2) is 5.82 Å². The van der Waals surface area contributed by atoms with Crippen molar-refractivity contribution in [2.75, 3.05) is 4.72 Å². The van der Waals surface area contributed by atoms with Crippen molar-refractivity contribution in [2.24, 2.45) is 7.05 Å². The van der Waals surface area contributed by atoms with E-state index in [9.17, 15) is 13.5 Å². The van der Waals surface area contributed by atoms with E-state index in [0.29, 0.717) is 22.6 Å². The zero-order valence-corrected chi connectivity index (χ0v) is 15.1. The number of benzene rings is 1. The average Bonchev–Trinajstić information content (AvgIpc) is 3.30. The number of aliphatic hydroxyl groups is 1. The summed E-state index contributed by atoms with van der Waals surface area (Å²) in [6.45, 7) is -0.141. The maximum Gasteiger partial charge on any atom is 0.265 e. The van der Waals surface area contributed by atoms with Gasteiger partial charge in [-0.05, 0) is 23.8 Å². The van der Waals surface area contributed by atoms with Crippen molar-refractivity contribution in [1.82, 2.24) is 24.5 Å². The number of nitrogens with zero attached hydrogens (tertiary/aromatic N) is 5. The second-order valence-electron chi connectivity index (χ2n) is 5.92. The molecule has 0 atom stereocenters. The highest BCUT2D eigenvalue weighted by Gasteiger charge is 2.19. The third-order valence-corrected chi connectivity index (χ3v) is 5.42. The van der Waals surface area contributed by atoms with Gasteiger partial charge >= 0.3 is 0 Å². The highest BCUT2D eigenvalue weighted by atomic mass is 32.2. The van der Waals surface area contributed by atoms with Crippen LogP contribution in [0.25, 0.3) is 16.7 Å². The molecule has 0 radical (unpaired) electrons. The van der Waals surface area contributed by atoms with E-state index in [2.05, 4.69) is 19.9 Å². The summed E-state index contributed by atoms with van der Waals surface area (Å²) in [5.74, 6) is 0.414. The third-order valence-electron chi connectivity index (χ3n) is 4.10.